The van der Waals surface area contributed by atoms with Crippen LogP contribution in [0.4, 0.5) is 0 Å². The first kappa shape index (κ1) is 19.3. The zero-order chi connectivity index (χ0) is 21.1. The van der Waals surface area contributed by atoms with Gasteiger partial charge in [0.2, 0.25) is 0 Å². The van der Waals surface area contributed by atoms with E-state index in [1.807, 2.05) is 6.07 Å². The van der Waals surface area contributed by atoms with E-state index >= 15 is 0 Å². The van der Waals surface area contributed by atoms with Gasteiger partial charge in [-0.3, -0.25) is 0 Å². The molecule has 0 radical (unpaired) electrons. The fourth-order valence-corrected chi connectivity index (χ4v) is 3.16. The Bertz CT molecular complexity index is 1250. The fraction of sp³-hybridized carbons (Fsp3) is 0.0833. The van der Waals surface area contributed by atoms with E-state index in [-0.39, 0.29) is 16.9 Å². The lowest BCUT2D eigenvalue weighted by Gasteiger charge is -2.13. The molecule has 30 heavy (non-hydrogen) atoms. The van der Waals surface area contributed by atoms with Crippen molar-refractivity contribution in [1.29, 1.82) is 0 Å². The maximum absolute atomic E-state index is 13.0. The minimum Gasteiger partial charge on any atom is -0.497 e. The van der Waals surface area contributed by atoms with Crippen molar-refractivity contribution in [3.63, 3.8) is 0 Å². The number of carbonyl (C=O) groups is 1. The summed E-state index contributed by atoms with van der Waals surface area (Å²) in [5, 5.41) is 0.513. The lowest BCUT2D eigenvalue weighted by atomic mass is 10.0. The van der Waals surface area contributed by atoms with Crippen LogP contribution in [0.5, 0.6) is 17.2 Å². The second-order valence-electron chi connectivity index (χ2n) is 6.45. The molecule has 1 heterocycles. The van der Waals surface area contributed by atoms with Gasteiger partial charge in [0.15, 0.2) is 5.75 Å². The molecule has 0 fully saturated rings. The van der Waals surface area contributed by atoms with Gasteiger partial charge in [-0.25, -0.2) is 9.59 Å². The number of hydrogen-bond acceptors (Lipinski definition) is 6. The molecule has 0 aliphatic heterocycles. The van der Waals surface area contributed by atoms with Gasteiger partial charge in [0.1, 0.15) is 22.6 Å². The molecule has 0 amide bonds. The zero-order valence-electron chi connectivity index (χ0n) is 16.4. The lowest BCUT2D eigenvalue weighted by Crippen LogP contribution is -2.14. The van der Waals surface area contributed by atoms with Crippen molar-refractivity contribution in [3.8, 4) is 28.4 Å². The molecule has 4 aromatic rings. The Kier molecular flexibility index (Phi) is 5.22. The summed E-state index contributed by atoms with van der Waals surface area (Å²) in [7, 11) is 2.99. The largest absolute Gasteiger partial charge is 0.497 e. The third kappa shape index (κ3) is 3.63. The first-order valence-corrected chi connectivity index (χ1v) is 9.17. The van der Waals surface area contributed by atoms with E-state index in [1.165, 1.54) is 14.2 Å². The molecule has 0 bridgehead atoms. The maximum atomic E-state index is 13.0. The molecule has 6 heteroatoms. The summed E-state index contributed by atoms with van der Waals surface area (Å²) in [6.07, 6.45) is 0. The number of carbonyl (C=O) groups excluding carboxylic acids is 1. The summed E-state index contributed by atoms with van der Waals surface area (Å²) in [6, 6.07) is 20.6. The first-order valence-electron chi connectivity index (χ1n) is 9.17. The van der Waals surface area contributed by atoms with Crippen molar-refractivity contribution in [2.45, 2.75) is 0 Å². The van der Waals surface area contributed by atoms with Crippen LogP contribution in [-0.4, -0.2) is 20.2 Å². The minimum absolute atomic E-state index is 0.139. The Labute approximate surface area is 172 Å². The average molecular weight is 402 g/mol. The summed E-state index contributed by atoms with van der Waals surface area (Å²) in [5.41, 5.74) is 0.724. The molecule has 0 N–H and O–H groups in total. The van der Waals surface area contributed by atoms with Crippen molar-refractivity contribution in [2.24, 2.45) is 0 Å². The third-order valence-corrected chi connectivity index (χ3v) is 4.61. The standard InChI is InChI=1S/C24H18O6/c1-27-17-12-16(13-18(14-17)28-2)23(25)30-22-19-10-6-7-11-20(19)29-24(26)21(22)15-8-4-3-5-9-15/h3-14H,1-2H3. The normalized spacial score (nSPS) is 10.6. The molecular weight excluding hydrogens is 384 g/mol. The Morgan fingerprint density at radius 3 is 2.13 bits per heavy atom. The van der Waals surface area contributed by atoms with E-state index in [1.54, 1.807) is 66.7 Å². The summed E-state index contributed by atoms with van der Waals surface area (Å²) in [6.45, 7) is 0. The van der Waals surface area contributed by atoms with Gasteiger partial charge in [-0.05, 0) is 29.8 Å². The predicted molar refractivity (Wildman–Crippen MR) is 112 cm³/mol. The highest BCUT2D eigenvalue weighted by Crippen LogP contribution is 2.35. The van der Waals surface area contributed by atoms with E-state index in [2.05, 4.69) is 0 Å². The third-order valence-electron chi connectivity index (χ3n) is 4.61. The maximum Gasteiger partial charge on any atom is 0.348 e. The van der Waals surface area contributed by atoms with Crippen LogP contribution in [0.1, 0.15) is 10.4 Å². The number of esters is 1. The summed E-state index contributed by atoms with van der Waals surface area (Å²) in [4.78, 5) is 25.8. The Balaban J connectivity index is 1.88. The highest BCUT2D eigenvalue weighted by molar-refractivity contribution is 5.98. The first-order chi connectivity index (χ1) is 14.6. The van der Waals surface area contributed by atoms with Gasteiger partial charge in [-0.15, -0.1) is 0 Å². The van der Waals surface area contributed by atoms with Crippen molar-refractivity contribution < 1.29 is 23.4 Å². The van der Waals surface area contributed by atoms with Crippen LogP contribution in [-0.2, 0) is 0 Å². The molecule has 150 valence electrons. The van der Waals surface area contributed by atoms with Crippen molar-refractivity contribution in [2.75, 3.05) is 14.2 Å². The van der Waals surface area contributed by atoms with Crippen LogP contribution in [0.3, 0.4) is 0 Å². The average Bonchev–Trinajstić information content (AvgIpc) is 2.79. The van der Waals surface area contributed by atoms with Gasteiger partial charge in [0.05, 0.1) is 25.2 Å². The van der Waals surface area contributed by atoms with Gasteiger partial charge < -0.3 is 18.6 Å². The van der Waals surface area contributed by atoms with Crippen LogP contribution < -0.4 is 19.8 Å². The predicted octanol–water partition coefficient (Wildman–Crippen LogP) is 4.70. The minimum atomic E-state index is -0.653. The summed E-state index contributed by atoms with van der Waals surface area (Å²) < 4.78 is 21.7. The van der Waals surface area contributed by atoms with Gasteiger partial charge in [0, 0.05) is 6.07 Å². The van der Waals surface area contributed by atoms with Crippen LogP contribution in [0.2, 0.25) is 0 Å². The second-order valence-corrected chi connectivity index (χ2v) is 6.45. The van der Waals surface area contributed by atoms with E-state index in [0.717, 1.165) is 0 Å². The molecule has 0 saturated carbocycles. The zero-order valence-corrected chi connectivity index (χ0v) is 16.4. The topological polar surface area (TPSA) is 75.0 Å². The number of para-hydroxylation sites is 1. The lowest BCUT2D eigenvalue weighted by molar-refractivity contribution is 0.0736. The molecule has 3 aromatic carbocycles. The van der Waals surface area contributed by atoms with Gasteiger partial charge in [0.25, 0.3) is 0 Å². The number of methoxy groups -OCH3 is 2. The molecule has 0 aliphatic rings. The van der Waals surface area contributed by atoms with Crippen molar-refractivity contribution >= 4 is 16.9 Å². The van der Waals surface area contributed by atoms with Gasteiger partial charge in [-0.1, -0.05) is 42.5 Å². The molecule has 1 aromatic heterocycles. The fourth-order valence-electron chi connectivity index (χ4n) is 3.16. The Morgan fingerprint density at radius 1 is 0.833 bits per heavy atom. The van der Waals surface area contributed by atoms with E-state index in [9.17, 15) is 9.59 Å². The molecule has 0 saturated heterocycles. The van der Waals surface area contributed by atoms with Crippen LogP contribution in [0.25, 0.3) is 22.1 Å². The molecule has 0 spiro atoms. The Morgan fingerprint density at radius 2 is 1.47 bits per heavy atom. The number of ether oxygens (including phenoxy) is 3. The number of fused-ring (bicyclic) bond motifs is 1. The second kappa shape index (κ2) is 8.13. The van der Waals surface area contributed by atoms with Crippen LogP contribution in [0, 0.1) is 0 Å². The Hall–Kier alpha value is -4.06. The van der Waals surface area contributed by atoms with Crippen molar-refractivity contribution in [1.82, 2.24) is 0 Å². The monoisotopic (exact) mass is 402 g/mol. The SMILES string of the molecule is COc1cc(OC)cc(C(=O)Oc2c(-c3ccccc3)c(=O)oc3ccccc23)c1. The number of benzene rings is 3. The summed E-state index contributed by atoms with van der Waals surface area (Å²) >= 11 is 0. The van der Waals surface area contributed by atoms with E-state index in [0.29, 0.717) is 28.0 Å². The van der Waals surface area contributed by atoms with Crippen molar-refractivity contribution in [3.05, 3.63) is 88.8 Å². The number of hydrogen-bond donors (Lipinski definition) is 0. The van der Waals surface area contributed by atoms with Crippen LogP contribution in [0.15, 0.2) is 82.0 Å². The number of rotatable bonds is 5. The molecule has 0 unspecified atom stereocenters. The molecular formula is C24H18O6. The highest BCUT2D eigenvalue weighted by Gasteiger charge is 2.21. The van der Waals surface area contributed by atoms with Gasteiger partial charge in [-0.2, -0.15) is 0 Å². The molecule has 0 aliphatic carbocycles. The van der Waals surface area contributed by atoms with E-state index < -0.39 is 11.6 Å². The molecule has 6 nitrogen and oxygen atoms in total. The molecule has 4 rings (SSSR count). The highest BCUT2D eigenvalue weighted by atomic mass is 16.5. The smallest absolute Gasteiger partial charge is 0.348 e. The van der Waals surface area contributed by atoms with Gasteiger partial charge >= 0.3 is 11.6 Å². The van der Waals surface area contributed by atoms with Crippen LogP contribution >= 0.6 is 0 Å². The summed E-state index contributed by atoms with van der Waals surface area (Å²) in [5.74, 6) is 0.379. The van der Waals surface area contributed by atoms with E-state index in [4.69, 9.17) is 18.6 Å². The quantitative estimate of drug-likeness (QED) is 0.356. The molecule has 0 atom stereocenters.